The van der Waals surface area contributed by atoms with Crippen molar-refractivity contribution in [3.63, 3.8) is 0 Å². The zero-order valence-corrected chi connectivity index (χ0v) is 18.5. The molecule has 2 heterocycles. The fourth-order valence-electron chi connectivity index (χ4n) is 9.00. The van der Waals surface area contributed by atoms with Crippen LogP contribution in [-0.2, 0) is 23.7 Å². The number of ether oxygens (including phenoxy) is 4. The van der Waals surface area contributed by atoms with Gasteiger partial charge in [-0.3, -0.25) is 4.79 Å². The summed E-state index contributed by atoms with van der Waals surface area (Å²) in [5, 5.41) is 0. The summed E-state index contributed by atoms with van der Waals surface area (Å²) in [6.07, 6.45) is 11.6. The average Bonchev–Trinajstić information content (AvgIpc) is 3.45. The van der Waals surface area contributed by atoms with E-state index in [0.29, 0.717) is 36.9 Å². The van der Waals surface area contributed by atoms with Gasteiger partial charge in [-0.25, -0.2) is 0 Å². The molecule has 2 aliphatic heterocycles. The lowest BCUT2D eigenvalue weighted by molar-refractivity contribution is -0.252. The maximum Gasteiger partial charge on any atom is 0.174 e. The highest BCUT2D eigenvalue weighted by molar-refractivity contribution is 5.66. The Morgan fingerprint density at radius 2 is 1.57 bits per heavy atom. The van der Waals surface area contributed by atoms with Crippen LogP contribution >= 0.6 is 0 Å². The Balaban J connectivity index is 1.36. The lowest BCUT2D eigenvalue weighted by atomic mass is 9.43. The van der Waals surface area contributed by atoms with E-state index >= 15 is 0 Å². The first kappa shape index (κ1) is 19.9. The van der Waals surface area contributed by atoms with Gasteiger partial charge in [0.2, 0.25) is 0 Å². The van der Waals surface area contributed by atoms with Crippen molar-refractivity contribution in [3.8, 4) is 0 Å². The van der Waals surface area contributed by atoms with Crippen molar-refractivity contribution < 1.29 is 23.7 Å². The monoisotopic (exact) mass is 416 g/mol. The van der Waals surface area contributed by atoms with E-state index in [0.717, 1.165) is 51.6 Å². The second kappa shape index (κ2) is 6.63. The van der Waals surface area contributed by atoms with Gasteiger partial charge in [0.15, 0.2) is 11.6 Å². The second-order valence-corrected chi connectivity index (χ2v) is 11.3. The van der Waals surface area contributed by atoms with Gasteiger partial charge < -0.3 is 18.9 Å². The first-order chi connectivity index (χ1) is 14.5. The van der Waals surface area contributed by atoms with Crippen molar-refractivity contribution in [2.24, 2.45) is 34.5 Å². The van der Waals surface area contributed by atoms with Crippen LogP contribution in [0.1, 0.15) is 65.2 Å². The Labute approximate surface area is 179 Å². The summed E-state index contributed by atoms with van der Waals surface area (Å²) >= 11 is 0. The number of allylic oxidation sites excluding steroid dienone is 2. The molecule has 0 aromatic rings. The molecule has 6 rings (SSSR count). The van der Waals surface area contributed by atoms with E-state index in [1.54, 1.807) is 0 Å². The lowest BCUT2D eigenvalue weighted by Gasteiger charge is -2.62. The van der Waals surface area contributed by atoms with Crippen LogP contribution in [0.3, 0.4) is 0 Å². The predicted octanol–water partition coefficient (Wildman–Crippen LogP) is 4.25. The molecule has 0 bridgehead atoms. The molecule has 6 fully saturated rings. The number of hydrogen-bond donors (Lipinski definition) is 0. The van der Waals surface area contributed by atoms with Crippen LogP contribution in [0.4, 0.5) is 0 Å². The quantitative estimate of drug-likeness (QED) is 0.472. The fourth-order valence-corrected chi connectivity index (χ4v) is 9.00. The third-order valence-electron chi connectivity index (χ3n) is 10.5. The molecule has 0 aromatic carbocycles. The smallest absolute Gasteiger partial charge is 0.174 e. The summed E-state index contributed by atoms with van der Waals surface area (Å²) in [6, 6.07) is 0. The van der Waals surface area contributed by atoms with E-state index < -0.39 is 5.79 Å². The maximum atomic E-state index is 11.6. The summed E-state index contributed by atoms with van der Waals surface area (Å²) < 4.78 is 24.8. The molecule has 0 amide bonds. The molecule has 0 N–H and O–H groups in total. The summed E-state index contributed by atoms with van der Waals surface area (Å²) in [6.45, 7) is 7.79. The van der Waals surface area contributed by atoms with Crippen molar-refractivity contribution in [2.45, 2.75) is 76.8 Å². The molecule has 2 saturated heterocycles. The average molecular weight is 417 g/mol. The van der Waals surface area contributed by atoms with Gasteiger partial charge in [0.05, 0.1) is 26.4 Å². The SMILES string of the molecule is C[C@]12CCC3(CC1C(=CC=O)CC1C2CC[C@@]2(C)C1CCC21OCCO1)OCCO3. The maximum absolute atomic E-state index is 11.6. The number of carbonyl (C=O) groups is 1. The highest BCUT2D eigenvalue weighted by atomic mass is 16.7. The first-order valence-corrected chi connectivity index (χ1v) is 12.2. The molecular weight excluding hydrogens is 380 g/mol. The van der Waals surface area contributed by atoms with Crippen LogP contribution in [0.2, 0.25) is 0 Å². The summed E-state index contributed by atoms with van der Waals surface area (Å²) in [4.78, 5) is 11.6. The van der Waals surface area contributed by atoms with Crippen molar-refractivity contribution in [1.82, 2.24) is 0 Å². The molecule has 6 aliphatic rings. The summed E-state index contributed by atoms with van der Waals surface area (Å²) in [7, 11) is 0. The van der Waals surface area contributed by atoms with Crippen LogP contribution in [-0.4, -0.2) is 44.3 Å². The van der Waals surface area contributed by atoms with E-state index in [-0.39, 0.29) is 16.6 Å². The molecule has 4 aliphatic carbocycles. The highest BCUT2D eigenvalue weighted by Crippen LogP contribution is 2.71. The number of carbonyl (C=O) groups excluding carboxylic acids is 1. The zero-order chi connectivity index (χ0) is 20.6. The van der Waals surface area contributed by atoms with Gasteiger partial charge in [-0.15, -0.1) is 0 Å². The lowest BCUT2D eigenvalue weighted by Crippen LogP contribution is -2.59. The van der Waals surface area contributed by atoms with Crippen LogP contribution in [0.25, 0.3) is 0 Å². The van der Waals surface area contributed by atoms with Crippen molar-refractivity contribution in [3.05, 3.63) is 11.6 Å². The van der Waals surface area contributed by atoms with Gasteiger partial charge in [0.1, 0.15) is 6.29 Å². The zero-order valence-electron chi connectivity index (χ0n) is 18.5. The highest BCUT2D eigenvalue weighted by Gasteiger charge is 2.68. The Kier molecular flexibility index (Phi) is 4.40. The van der Waals surface area contributed by atoms with Gasteiger partial charge >= 0.3 is 0 Å². The summed E-state index contributed by atoms with van der Waals surface area (Å²) in [5.74, 6) is 1.52. The van der Waals surface area contributed by atoms with Gasteiger partial charge in [-0.2, -0.15) is 0 Å². The molecule has 0 radical (unpaired) electrons. The second-order valence-electron chi connectivity index (χ2n) is 11.3. The molecule has 6 atom stereocenters. The van der Waals surface area contributed by atoms with Crippen LogP contribution < -0.4 is 0 Å². The topological polar surface area (TPSA) is 54.0 Å². The van der Waals surface area contributed by atoms with E-state index in [9.17, 15) is 4.79 Å². The number of fused-ring (bicyclic) bond motifs is 6. The third kappa shape index (κ3) is 2.47. The van der Waals surface area contributed by atoms with Gasteiger partial charge in [0.25, 0.3) is 0 Å². The van der Waals surface area contributed by atoms with E-state index in [4.69, 9.17) is 18.9 Å². The van der Waals surface area contributed by atoms with Crippen molar-refractivity contribution in [1.29, 1.82) is 0 Å². The molecule has 5 heteroatoms. The minimum absolute atomic E-state index is 0.0910. The molecule has 4 saturated carbocycles. The number of aldehydes is 1. The molecule has 4 unspecified atom stereocenters. The Hall–Kier alpha value is -0.750. The molecule has 2 spiro atoms. The van der Waals surface area contributed by atoms with Gasteiger partial charge in [0, 0.05) is 24.7 Å². The van der Waals surface area contributed by atoms with Gasteiger partial charge in [-0.05, 0) is 67.3 Å². The van der Waals surface area contributed by atoms with E-state index in [1.165, 1.54) is 24.8 Å². The number of rotatable bonds is 1. The minimum Gasteiger partial charge on any atom is -0.348 e. The summed E-state index contributed by atoms with van der Waals surface area (Å²) in [5.41, 5.74) is 1.64. The largest absolute Gasteiger partial charge is 0.348 e. The normalized spacial score (nSPS) is 49.9. The molecule has 0 aromatic heterocycles. The van der Waals surface area contributed by atoms with E-state index in [2.05, 4.69) is 13.8 Å². The standard InChI is InChI=1S/C25H36O5/c1-22-8-9-24(27-11-12-28-24)16-21(22)17(5-10-26)15-18-19(22)3-6-23(2)20(18)4-7-25(23)29-13-14-30-25/h5,10,18-21H,3-4,6-9,11-16H2,1-2H3/t18?,19?,20?,21?,22-,23+/m1/s1. The number of hydrogen-bond acceptors (Lipinski definition) is 5. The Morgan fingerprint density at radius 3 is 2.30 bits per heavy atom. The predicted molar refractivity (Wildman–Crippen MR) is 111 cm³/mol. The first-order valence-electron chi connectivity index (χ1n) is 12.2. The Bertz CT molecular complexity index is 749. The van der Waals surface area contributed by atoms with Gasteiger partial charge in [-0.1, -0.05) is 19.4 Å². The van der Waals surface area contributed by atoms with Crippen LogP contribution in [0.15, 0.2) is 11.6 Å². The fraction of sp³-hybridized carbons (Fsp3) is 0.880. The molecule has 30 heavy (non-hydrogen) atoms. The molecular formula is C25H36O5. The Morgan fingerprint density at radius 1 is 0.867 bits per heavy atom. The minimum atomic E-state index is -0.412. The van der Waals surface area contributed by atoms with Crippen molar-refractivity contribution in [2.75, 3.05) is 26.4 Å². The van der Waals surface area contributed by atoms with E-state index in [1.807, 2.05) is 6.08 Å². The molecule has 5 nitrogen and oxygen atoms in total. The van der Waals surface area contributed by atoms with Crippen molar-refractivity contribution >= 4 is 6.29 Å². The van der Waals surface area contributed by atoms with Crippen LogP contribution in [0, 0.1) is 34.5 Å². The molecule has 166 valence electrons. The third-order valence-corrected chi connectivity index (χ3v) is 10.5. The van der Waals surface area contributed by atoms with Crippen LogP contribution in [0.5, 0.6) is 0 Å².